The summed E-state index contributed by atoms with van der Waals surface area (Å²) in [6.45, 7) is -1.21. The van der Waals surface area contributed by atoms with Gasteiger partial charge in [0.05, 0.1) is 0 Å². The maximum atomic E-state index is 11.8. The number of alkyl halides is 3. The van der Waals surface area contributed by atoms with E-state index < -0.39 is 12.8 Å². The Morgan fingerprint density at radius 2 is 1.89 bits per heavy atom. The Labute approximate surface area is 102 Å². The van der Waals surface area contributed by atoms with Crippen molar-refractivity contribution < 1.29 is 22.8 Å². The van der Waals surface area contributed by atoms with Crippen molar-refractivity contribution in [2.75, 3.05) is 13.7 Å². The van der Waals surface area contributed by atoms with Crippen molar-refractivity contribution in [1.29, 1.82) is 0 Å². The molecule has 18 heavy (non-hydrogen) atoms. The van der Waals surface area contributed by atoms with Gasteiger partial charge in [0.1, 0.15) is 0 Å². The van der Waals surface area contributed by atoms with E-state index in [0.29, 0.717) is 11.1 Å². The zero-order valence-corrected chi connectivity index (χ0v) is 9.67. The summed E-state index contributed by atoms with van der Waals surface area (Å²) >= 11 is 0. The Balaban J connectivity index is 2.38. The van der Waals surface area contributed by atoms with Crippen LogP contribution in [0.5, 0.6) is 0 Å². The van der Waals surface area contributed by atoms with Gasteiger partial charge >= 0.3 is 6.18 Å². The van der Waals surface area contributed by atoms with E-state index in [1.807, 2.05) is 0 Å². The molecule has 0 bridgehead atoms. The lowest BCUT2D eigenvalue weighted by Gasteiger charge is -2.08. The molecule has 2 N–H and O–H groups in total. The Bertz CT molecular complexity index is 390. The zero-order chi connectivity index (χ0) is 13.6. The summed E-state index contributed by atoms with van der Waals surface area (Å²) in [4.78, 5) is 15.5. The fraction of sp³-hybridized carbons (Fsp3) is 0.364. The average molecular weight is 262 g/mol. The summed E-state index contributed by atoms with van der Waals surface area (Å²) < 4.78 is 35.3. The number of hydrogen-bond acceptors (Lipinski definition) is 3. The standard InChI is InChI=1S/C11H13F3N2O2/c1-15-10(17)9-4-2-8(3-5-9)6-16-18-7-11(12,13)14/h2-5,16H,6-7H2,1H3,(H,15,17). The number of hydrogen-bond donors (Lipinski definition) is 2. The lowest BCUT2D eigenvalue weighted by molar-refractivity contribution is -0.190. The van der Waals surface area contributed by atoms with Crippen molar-refractivity contribution in [3.05, 3.63) is 35.4 Å². The number of carbonyl (C=O) groups excluding carboxylic acids is 1. The fourth-order valence-corrected chi connectivity index (χ4v) is 1.19. The van der Waals surface area contributed by atoms with Crippen LogP contribution in [0.2, 0.25) is 0 Å². The molecule has 0 atom stereocenters. The van der Waals surface area contributed by atoms with E-state index in [1.165, 1.54) is 7.05 Å². The highest BCUT2D eigenvalue weighted by atomic mass is 19.4. The van der Waals surface area contributed by atoms with Crippen LogP contribution in [-0.4, -0.2) is 25.7 Å². The van der Waals surface area contributed by atoms with Crippen molar-refractivity contribution in [3.8, 4) is 0 Å². The molecule has 0 aromatic heterocycles. The molecule has 4 nitrogen and oxygen atoms in total. The molecule has 0 heterocycles. The Hall–Kier alpha value is -1.60. The number of halogens is 3. The number of amides is 1. The molecule has 7 heteroatoms. The van der Waals surface area contributed by atoms with Crippen molar-refractivity contribution in [1.82, 2.24) is 10.8 Å². The second-order valence-corrected chi connectivity index (χ2v) is 3.50. The molecule has 1 amide bonds. The summed E-state index contributed by atoms with van der Waals surface area (Å²) in [6, 6.07) is 6.43. The van der Waals surface area contributed by atoms with Crippen molar-refractivity contribution in [3.63, 3.8) is 0 Å². The van der Waals surface area contributed by atoms with Crippen LogP contribution >= 0.6 is 0 Å². The minimum Gasteiger partial charge on any atom is -0.355 e. The maximum Gasteiger partial charge on any atom is 0.413 e. The monoisotopic (exact) mass is 262 g/mol. The van der Waals surface area contributed by atoms with Gasteiger partial charge in [0.15, 0.2) is 6.61 Å². The molecule has 1 aromatic carbocycles. The minimum atomic E-state index is -4.35. The molecular weight excluding hydrogens is 249 g/mol. The third-order valence-electron chi connectivity index (χ3n) is 2.06. The molecule has 1 rings (SSSR count). The van der Waals surface area contributed by atoms with E-state index in [0.717, 1.165) is 0 Å². The van der Waals surface area contributed by atoms with Crippen LogP contribution in [0.15, 0.2) is 24.3 Å². The Morgan fingerprint density at radius 3 is 2.39 bits per heavy atom. The Morgan fingerprint density at radius 1 is 1.28 bits per heavy atom. The summed E-state index contributed by atoms with van der Waals surface area (Å²) in [5, 5.41) is 2.47. The molecule has 0 saturated heterocycles. The zero-order valence-electron chi connectivity index (χ0n) is 9.67. The van der Waals surface area contributed by atoms with E-state index in [-0.39, 0.29) is 12.5 Å². The van der Waals surface area contributed by atoms with E-state index in [4.69, 9.17) is 0 Å². The van der Waals surface area contributed by atoms with Gasteiger partial charge < -0.3 is 5.32 Å². The van der Waals surface area contributed by atoms with E-state index in [9.17, 15) is 18.0 Å². The fourth-order valence-electron chi connectivity index (χ4n) is 1.19. The van der Waals surface area contributed by atoms with Gasteiger partial charge in [-0.3, -0.25) is 9.63 Å². The first-order chi connectivity index (χ1) is 8.42. The molecule has 0 spiro atoms. The van der Waals surface area contributed by atoms with Gasteiger partial charge in [-0.1, -0.05) is 12.1 Å². The summed E-state index contributed by atoms with van der Waals surface area (Å²) in [5.41, 5.74) is 3.40. The van der Waals surface area contributed by atoms with Crippen molar-refractivity contribution >= 4 is 5.91 Å². The lowest BCUT2D eigenvalue weighted by Crippen LogP contribution is -2.24. The third kappa shape index (κ3) is 5.15. The molecule has 0 saturated carbocycles. The number of hydroxylamine groups is 1. The maximum absolute atomic E-state index is 11.8. The molecule has 0 radical (unpaired) electrons. The first-order valence-electron chi connectivity index (χ1n) is 5.15. The van der Waals surface area contributed by atoms with Crippen molar-refractivity contribution in [2.45, 2.75) is 12.7 Å². The second-order valence-electron chi connectivity index (χ2n) is 3.50. The molecule has 0 unspecified atom stereocenters. The van der Waals surface area contributed by atoms with Crippen LogP contribution in [0.1, 0.15) is 15.9 Å². The number of carbonyl (C=O) groups is 1. The van der Waals surface area contributed by atoms with Crippen LogP contribution in [0.4, 0.5) is 13.2 Å². The van der Waals surface area contributed by atoms with Gasteiger partial charge in [-0.2, -0.15) is 18.7 Å². The van der Waals surface area contributed by atoms with Crippen LogP contribution in [0.3, 0.4) is 0 Å². The van der Waals surface area contributed by atoms with Crippen LogP contribution in [0, 0.1) is 0 Å². The van der Waals surface area contributed by atoms with Gasteiger partial charge in [-0.25, -0.2) is 0 Å². The topological polar surface area (TPSA) is 50.4 Å². The van der Waals surface area contributed by atoms with E-state index in [2.05, 4.69) is 15.6 Å². The highest BCUT2D eigenvalue weighted by Crippen LogP contribution is 2.13. The predicted octanol–water partition coefficient (Wildman–Crippen LogP) is 1.63. The van der Waals surface area contributed by atoms with Gasteiger partial charge in [0.2, 0.25) is 0 Å². The van der Waals surface area contributed by atoms with Crippen molar-refractivity contribution in [2.24, 2.45) is 0 Å². The van der Waals surface area contributed by atoms with Gasteiger partial charge in [-0.15, -0.1) is 0 Å². The van der Waals surface area contributed by atoms with Gasteiger partial charge in [-0.05, 0) is 17.7 Å². The lowest BCUT2D eigenvalue weighted by atomic mass is 10.1. The quantitative estimate of drug-likeness (QED) is 0.626. The normalized spacial score (nSPS) is 11.3. The molecular formula is C11H13F3N2O2. The largest absolute Gasteiger partial charge is 0.413 e. The SMILES string of the molecule is CNC(=O)c1ccc(CNOCC(F)(F)F)cc1. The second kappa shape index (κ2) is 6.36. The molecule has 0 fully saturated rings. The summed E-state index contributed by atoms with van der Waals surface area (Å²) in [5.74, 6) is -0.220. The van der Waals surface area contributed by atoms with E-state index >= 15 is 0 Å². The van der Waals surface area contributed by atoms with Crippen LogP contribution in [0.25, 0.3) is 0 Å². The predicted molar refractivity (Wildman–Crippen MR) is 58.7 cm³/mol. The minimum absolute atomic E-state index is 0.129. The smallest absolute Gasteiger partial charge is 0.355 e. The number of benzene rings is 1. The Kier molecular flexibility index (Phi) is 5.11. The van der Waals surface area contributed by atoms with E-state index in [1.54, 1.807) is 24.3 Å². The first-order valence-corrected chi connectivity index (χ1v) is 5.15. The molecule has 0 aliphatic heterocycles. The summed E-state index contributed by atoms with van der Waals surface area (Å²) in [7, 11) is 1.52. The van der Waals surface area contributed by atoms with Crippen LogP contribution in [-0.2, 0) is 11.4 Å². The average Bonchev–Trinajstić information content (AvgIpc) is 2.33. The first kappa shape index (κ1) is 14.5. The molecule has 100 valence electrons. The van der Waals surface area contributed by atoms with Gasteiger partial charge in [0, 0.05) is 19.2 Å². The highest BCUT2D eigenvalue weighted by Gasteiger charge is 2.27. The number of nitrogens with one attached hydrogen (secondary N) is 2. The summed E-state index contributed by atoms with van der Waals surface area (Å²) in [6.07, 6.45) is -4.35. The molecule has 0 aliphatic rings. The van der Waals surface area contributed by atoms with Crippen LogP contribution < -0.4 is 10.8 Å². The highest BCUT2D eigenvalue weighted by molar-refractivity contribution is 5.93. The third-order valence-corrected chi connectivity index (χ3v) is 2.06. The number of rotatable bonds is 5. The molecule has 1 aromatic rings. The van der Waals surface area contributed by atoms with Gasteiger partial charge in [0.25, 0.3) is 5.91 Å². The molecule has 0 aliphatic carbocycles.